The Bertz CT molecular complexity index is 1760. The first kappa shape index (κ1) is 34.7. The van der Waals surface area contributed by atoms with Gasteiger partial charge in [0, 0.05) is 19.0 Å². The van der Waals surface area contributed by atoms with E-state index in [2.05, 4.69) is 21.2 Å². The number of rotatable bonds is 13. The van der Waals surface area contributed by atoms with Crippen LogP contribution in [0.4, 0.5) is 5.69 Å². The van der Waals surface area contributed by atoms with E-state index >= 15 is 0 Å². The van der Waals surface area contributed by atoms with Crippen molar-refractivity contribution < 1.29 is 22.7 Å². The van der Waals surface area contributed by atoms with Crippen LogP contribution in [0.3, 0.4) is 0 Å². The summed E-state index contributed by atoms with van der Waals surface area (Å²) in [5.74, 6) is -0.358. The minimum absolute atomic E-state index is 0.0165. The molecule has 0 heterocycles. The summed E-state index contributed by atoms with van der Waals surface area (Å²) in [5.41, 5.74) is 3.97. The van der Waals surface area contributed by atoms with E-state index < -0.39 is 28.5 Å². The Morgan fingerprint density at radius 1 is 0.848 bits per heavy atom. The minimum atomic E-state index is -4.25. The Balaban J connectivity index is 1.82. The third-order valence-corrected chi connectivity index (χ3v) is 9.84. The van der Waals surface area contributed by atoms with Crippen molar-refractivity contribution in [1.82, 2.24) is 10.2 Å². The van der Waals surface area contributed by atoms with Gasteiger partial charge in [-0.15, -0.1) is 0 Å². The van der Waals surface area contributed by atoms with Crippen LogP contribution in [-0.2, 0) is 32.6 Å². The third kappa shape index (κ3) is 8.76. The van der Waals surface area contributed by atoms with E-state index in [1.165, 1.54) is 24.1 Å². The molecule has 8 nitrogen and oxygen atoms in total. The smallest absolute Gasteiger partial charge is 0.264 e. The van der Waals surface area contributed by atoms with Gasteiger partial charge in [-0.25, -0.2) is 8.42 Å². The van der Waals surface area contributed by atoms with Crippen molar-refractivity contribution in [2.75, 3.05) is 18.0 Å². The van der Waals surface area contributed by atoms with E-state index in [9.17, 15) is 18.0 Å². The van der Waals surface area contributed by atoms with E-state index in [1.54, 1.807) is 30.3 Å². The Kier molecular flexibility index (Phi) is 11.6. The molecule has 1 unspecified atom stereocenters. The molecule has 46 heavy (non-hydrogen) atoms. The van der Waals surface area contributed by atoms with Gasteiger partial charge >= 0.3 is 0 Å². The highest BCUT2D eigenvalue weighted by molar-refractivity contribution is 9.10. The van der Waals surface area contributed by atoms with Crippen LogP contribution in [-0.4, -0.2) is 50.9 Å². The maximum absolute atomic E-state index is 14.6. The molecule has 0 aromatic heterocycles. The lowest BCUT2D eigenvalue weighted by atomic mass is 10.0. The highest BCUT2D eigenvalue weighted by Gasteiger charge is 2.35. The first-order valence-corrected chi connectivity index (χ1v) is 17.2. The van der Waals surface area contributed by atoms with Gasteiger partial charge in [-0.05, 0) is 85.1 Å². The zero-order valence-electron chi connectivity index (χ0n) is 26.7. The van der Waals surface area contributed by atoms with Crippen LogP contribution in [0.2, 0.25) is 0 Å². The van der Waals surface area contributed by atoms with Crippen molar-refractivity contribution in [2.24, 2.45) is 0 Å². The summed E-state index contributed by atoms with van der Waals surface area (Å²) < 4.78 is 35.4. The standard InChI is InChI=1S/C36H40BrN3O5S/c1-25(2)38-36(42)33(21-28-11-7-6-8-12-28)39(23-29-13-9-10-27(4)20-29)35(41)24-40(30-16-14-26(3)15-17-30)46(43,44)31-18-19-34(45-5)32(37)22-31/h6-20,22,25,33H,21,23-24H2,1-5H3,(H,38,42). The fraction of sp³-hybridized carbons (Fsp3) is 0.278. The van der Waals surface area contributed by atoms with Crippen LogP contribution in [0.15, 0.2) is 106 Å². The second-order valence-electron chi connectivity index (χ2n) is 11.5. The van der Waals surface area contributed by atoms with Crippen molar-refractivity contribution in [3.8, 4) is 5.75 Å². The first-order valence-electron chi connectivity index (χ1n) is 15.0. The topological polar surface area (TPSA) is 96.0 Å². The molecule has 0 saturated carbocycles. The van der Waals surface area contributed by atoms with E-state index in [4.69, 9.17) is 4.74 Å². The molecule has 1 N–H and O–H groups in total. The molecule has 0 radical (unpaired) electrons. The van der Waals surface area contributed by atoms with Gasteiger partial charge in [0.25, 0.3) is 10.0 Å². The fourth-order valence-corrected chi connectivity index (χ4v) is 7.25. The van der Waals surface area contributed by atoms with Crippen LogP contribution in [0.5, 0.6) is 5.75 Å². The van der Waals surface area contributed by atoms with Crippen molar-refractivity contribution in [2.45, 2.75) is 57.6 Å². The molecule has 0 spiro atoms. The number of benzene rings is 4. The second-order valence-corrected chi connectivity index (χ2v) is 14.2. The van der Waals surface area contributed by atoms with Crippen molar-refractivity contribution in [1.29, 1.82) is 0 Å². The lowest BCUT2D eigenvalue weighted by Crippen LogP contribution is -2.54. The number of carbonyl (C=O) groups excluding carboxylic acids is 2. The number of sulfonamides is 1. The normalized spacial score (nSPS) is 12.0. The number of nitrogens with one attached hydrogen (secondary N) is 1. The molecule has 0 fully saturated rings. The molecule has 242 valence electrons. The Hall–Kier alpha value is -4.15. The summed E-state index contributed by atoms with van der Waals surface area (Å²) in [5, 5.41) is 2.98. The molecular weight excluding hydrogens is 666 g/mol. The lowest BCUT2D eigenvalue weighted by Gasteiger charge is -2.34. The predicted molar refractivity (Wildman–Crippen MR) is 185 cm³/mol. The van der Waals surface area contributed by atoms with Crippen LogP contribution in [0.25, 0.3) is 0 Å². The van der Waals surface area contributed by atoms with Gasteiger partial charge < -0.3 is 15.0 Å². The number of hydrogen-bond donors (Lipinski definition) is 1. The molecule has 1 atom stereocenters. The first-order chi connectivity index (χ1) is 21.9. The summed E-state index contributed by atoms with van der Waals surface area (Å²) in [6.07, 6.45) is 0.250. The van der Waals surface area contributed by atoms with Crippen LogP contribution in [0.1, 0.15) is 36.1 Å². The quantitative estimate of drug-likeness (QED) is 0.173. The number of nitrogens with zero attached hydrogens (tertiary/aromatic N) is 2. The second kappa shape index (κ2) is 15.4. The fourth-order valence-electron chi connectivity index (χ4n) is 5.12. The molecule has 4 rings (SSSR count). The highest BCUT2D eigenvalue weighted by atomic mass is 79.9. The molecule has 0 aliphatic rings. The zero-order chi connectivity index (χ0) is 33.4. The van der Waals surface area contributed by atoms with Crippen molar-refractivity contribution in [3.63, 3.8) is 0 Å². The molecule has 0 aliphatic carbocycles. The maximum Gasteiger partial charge on any atom is 0.264 e. The van der Waals surface area contributed by atoms with Gasteiger partial charge in [0.2, 0.25) is 11.8 Å². The Morgan fingerprint density at radius 2 is 1.52 bits per heavy atom. The number of hydrogen-bond acceptors (Lipinski definition) is 5. The van der Waals surface area contributed by atoms with E-state index in [0.717, 1.165) is 26.6 Å². The molecular formula is C36H40BrN3O5S. The van der Waals surface area contributed by atoms with Crippen LogP contribution in [0, 0.1) is 13.8 Å². The SMILES string of the molecule is COc1ccc(S(=O)(=O)N(CC(=O)N(Cc2cccc(C)c2)C(Cc2ccccc2)C(=O)NC(C)C)c2ccc(C)cc2)cc1Br. The highest BCUT2D eigenvalue weighted by Crippen LogP contribution is 2.31. The summed E-state index contributed by atoms with van der Waals surface area (Å²) in [7, 11) is -2.75. The largest absolute Gasteiger partial charge is 0.496 e. The van der Waals surface area contributed by atoms with Crippen LogP contribution < -0.4 is 14.4 Å². The molecule has 4 aromatic carbocycles. The molecule has 2 amide bonds. The summed E-state index contributed by atoms with van der Waals surface area (Å²) in [6, 6.07) is 27.6. The van der Waals surface area contributed by atoms with E-state index in [0.29, 0.717) is 15.9 Å². The monoisotopic (exact) mass is 705 g/mol. The average molecular weight is 707 g/mol. The van der Waals surface area contributed by atoms with Gasteiger partial charge in [-0.3, -0.25) is 13.9 Å². The summed E-state index contributed by atoms with van der Waals surface area (Å²) in [6.45, 7) is 7.17. The van der Waals surface area contributed by atoms with Gasteiger partial charge in [0.05, 0.1) is 22.2 Å². The minimum Gasteiger partial charge on any atom is -0.496 e. The van der Waals surface area contributed by atoms with Gasteiger partial charge in [0.1, 0.15) is 18.3 Å². The molecule has 0 aliphatic heterocycles. The van der Waals surface area contributed by atoms with Gasteiger partial charge in [-0.1, -0.05) is 77.9 Å². The number of halogens is 1. The number of amides is 2. The Morgan fingerprint density at radius 3 is 2.13 bits per heavy atom. The van der Waals surface area contributed by atoms with Gasteiger partial charge in [-0.2, -0.15) is 0 Å². The maximum atomic E-state index is 14.6. The number of methoxy groups -OCH3 is 1. The van der Waals surface area contributed by atoms with Crippen LogP contribution >= 0.6 is 15.9 Å². The summed E-state index contributed by atoms with van der Waals surface area (Å²) in [4.78, 5) is 29.9. The number of carbonyl (C=O) groups is 2. The predicted octanol–water partition coefficient (Wildman–Crippen LogP) is 6.43. The number of ether oxygens (including phenoxy) is 1. The number of aryl methyl sites for hydroxylation is 2. The lowest BCUT2D eigenvalue weighted by molar-refractivity contribution is -0.140. The third-order valence-electron chi connectivity index (χ3n) is 7.45. The molecule has 4 aromatic rings. The van der Waals surface area contributed by atoms with Crippen molar-refractivity contribution >= 4 is 43.5 Å². The summed E-state index contributed by atoms with van der Waals surface area (Å²) >= 11 is 3.39. The molecule has 0 saturated heterocycles. The Labute approximate surface area is 280 Å². The average Bonchev–Trinajstić information content (AvgIpc) is 3.02. The van der Waals surface area contributed by atoms with E-state index in [-0.39, 0.29) is 29.8 Å². The van der Waals surface area contributed by atoms with Gasteiger partial charge in [0.15, 0.2) is 0 Å². The molecule has 0 bridgehead atoms. The van der Waals surface area contributed by atoms with E-state index in [1.807, 2.05) is 82.3 Å². The number of anilines is 1. The van der Waals surface area contributed by atoms with Crippen molar-refractivity contribution in [3.05, 3.63) is 124 Å². The molecule has 10 heteroatoms. The zero-order valence-corrected chi connectivity index (χ0v) is 29.1.